The minimum Gasteiger partial charge on any atom is -0.456 e. The lowest BCUT2D eigenvalue weighted by molar-refractivity contribution is 0.669. The predicted molar refractivity (Wildman–Crippen MR) is 218 cm³/mol. The summed E-state index contributed by atoms with van der Waals surface area (Å²) < 4.78 is 6.35. The first-order valence-corrected chi connectivity index (χ1v) is 17.6. The average molecular weight is 647 g/mol. The molecular weight excluding hydrogens is 617 g/mol. The van der Waals surface area contributed by atoms with Crippen LogP contribution in [0.3, 0.4) is 0 Å². The molecule has 11 aromatic rings. The van der Waals surface area contributed by atoms with Gasteiger partial charge >= 0.3 is 0 Å². The Balaban J connectivity index is 1.04. The van der Waals surface area contributed by atoms with Gasteiger partial charge in [-0.25, -0.2) is 0 Å². The van der Waals surface area contributed by atoms with Crippen LogP contribution in [-0.2, 0) is 0 Å². The highest BCUT2D eigenvalue weighted by Gasteiger charge is 2.14. The Kier molecular flexibility index (Phi) is 6.02. The zero-order valence-electron chi connectivity index (χ0n) is 27.7. The Labute approximate surface area is 294 Å². The number of benzene rings is 10. The van der Waals surface area contributed by atoms with Crippen LogP contribution in [0.5, 0.6) is 0 Å². The second-order valence-electron chi connectivity index (χ2n) is 13.7. The van der Waals surface area contributed by atoms with Crippen molar-refractivity contribution in [3.8, 4) is 33.4 Å². The van der Waals surface area contributed by atoms with E-state index in [-0.39, 0.29) is 0 Å². The number of fused-ring (bicyclic) bond motifs is 10. The van der Waals surface area contributed by atoms with E-state index >= 15 is 0 Å². The fraction of sp³-hybridized carbons (Fsp3) is 0. The molecule has 1 nitrogen and oxygen atoms in total. The molecule has 0 bridgehead atoms. The van der Waals surface area contributed by atoms with Gasteiger partial charge in [-0.15, -0.1) is 0 Å². The highest BCUT2D eigenvalue weighted by molar-refractivity contribution is 6.23. The standard InChI is InChI=1S/C50H30O/c1-3-11-40-32(8-1)10-7-15-41(40)37-23-25-49-47(29-37)46-28-35(22-24-48(46)51-49)34-19-16-31-17-20-36(27-39(31)26-34)45-30-38-21-18-33-9-2-4-12-42(33)50(38)44-14-6-5-13-43(44)45/h1-30H. The van der Waals surface area contributed by atoms with Crippen molar-refractivity contribution in [1.82, 2.24) is 0 Å². The molecule has 0 amide bonds. The zero-order valence-corrected chi connectivity index (χ0v) is 27.7. The quantitative estimate of drug-likeness (QED) is 0.174. The number of furan rings is 1. The molecule has 236 valence electrons. The molecule has 0 radical (unpaired) electrons. The minimum absolute atomic E-state index is 0.905. The first-order chi connectivity index (χ1) is 25.2. The van der Waals surface area contributed by atoms with Gasteiger partial charge in [0.25, 0.3) is 0 Å². The maximum Gasteiger partial charge on any atom is 0.135 e. The van der Waals surface area contributed by atoms with E-state index in [0.717, 1.165) is 21.9 Å². The molecule has 0 saturated carbocycles. The second-order valence-corrected chi connectivity index (χ2v) is 13.7. The van der Waals surface area contributed by atoms with E-state index in [2.05, 4.69) is 182 Å². The molecule has 0 unspecified atom stereocenters. The van der Waals surface area contributed by atoms with Crippen LogP contribution in [0.15, 0.2) is 186 Å². The van der Waals surface area contributed by atoms with Gasteiger partial charge in [0.15, 0.2) is 0 Å². The van der Waals surface area contributed by atoms with Crippen molar-refractivity contribution in [2.75, 3.05) is 0 Å². The molecule has 0 saturated heterocycles. The maximum atomic E-state index is 6.35. The summed E-state index contributed by atoms with van der Waals surface area (Å²) in [6, 6.07) is 66.4. The molecule has 0 aliphatic rings. The highest BCUT2D eigenvalue weighted by Crippen LogP contribution is 2.41. The summed E-state index contributed by atoms with van der Waals surface area (Å²) in [5, 5.41) is 15.0. The molecule has 0 atom stereocenters. The van der Waals surface area contributed by atoms with E-state index in [0.29, 0.717) is 0 Å². The van der Waals surface area contributed by atoms with Gasteiger partial charge < -0.3 is 4.42 Å². The van der Waals surface area contributed by atoms with Crippen LogP contribution in [0.2, 0.25) is 0 Å². The zero-order chi connectivity index (χ0) is 33.5. The van der Waals surface area contributed by atoms with E-state index in [1.165, 1.54) is 87.2 Å². The van der Waals surface area contributed by atoms with Gasteiger partial charge in [-0.1, -0.05) is 140 Å². The van der Waals surface area contributed by atoms with Crippen LogP contribution < -0.4 is 0 Å². The largest absolute Gasteiger partial charge is 0.456 e. The summed E-state index contributed by atoms with van der Waals surface area (Å²) in [7, 11) is 0. The molecule has 0 aliphatic heterocycles. The van der Waals surface area contributed by atoms with Gasteiger partial charge in [0.05, 0.1) is 0 Å². The van der Waals surface area contributed by atoms with Crippen LogP contribution in [0.4, 0.5) is 0 Å². The Hall–Kier alpha value is -6.70. The van der Waals surface area contributed by atoms with Gasteiger partial charge in [-0.2, -0.15) is 0 Å². The molecule has 11 rings (SSSR count). The average Bonchev–Trinajstić information content (AvgIpc) is 3.57. The Morgan fingerprint density at radius 3 is 1.61 bits per heavy atom. The lowest BCUT2D eigenvalue weighted by Gasteiger charge is -2.14. The molecule has 1 aromatic heterocycles. The van der Waals surface area contributed by atoms with E-state index in [1.807, 2.05) is 0 Å². The van der Waals surface area contributed by atoms with Crippen molar-refractivity contribution in [3.05, 3.63) is 182 Å². The van der Waals surface area contributed by atoms with Crippen LogP contribution >= 0.6 is 0 Å². The molecule has 0 aliphatic carbocycles. The lowest BCUT2D eigenvalue weighted by Crippen LogP contribution is -1.87. The predicted octanol–water partition coefficient (Wildman–Crippen LogP) is 14.4. The van der Waals surface area contributed by atoms with Gasteiger partial charge in [-0.3, -0.25) is 0 Å². The summed E-state index contributed by atoms with van der Waals surface area (Å²) in [4.78, 5) is 0. The van der Waals surface area contributed by atoms with Crippen molar-refractivity contribution in [2.45, 2.75) is 0 Å². The third kappa shape index (κ3) is 4.42. The molecule has 0 fully saturated rings. The SMILES string of the molecule is c1ccc2c(-c3ccc4oc5ccc(-c6ccc7ccc(-c8cc9ccc%10ccccc%10c9c9ccccc89)cc7c6)cc5c4c3)cccc2c1. The second kappa shape index (κ2) is 10.9. The molecule has 1 heterocycles. The van der Waals surface area contributed by atoms with E-state index < -0.39 is 0 Å². The molecule has 0 N–H and O–H groups in total. The lowest BCUT2D eigenvalue weighted by atomic mass is 9.90. The monoisotopic (exact) mass is 646 g/mol. The van der Waals surface area contributed by atoms with E-state index in [1.54, 1.807) is 0 Å². The third-order valence-electron chi connectivity index (χ3n) is 10.8. The van der Waals surface area contributed by atoms with Gasteiger partial charge in [-0.05, 0) is 130 Å². The van der Waals surface area contributed by atoms with Crippen molar-refractivity contribution in [3.63, 3.8) is 0 Å². The number of hydrogen-bond donors (Lipinski definition) is 0. The normalized spacial score (nSPS) is 11.9. The van der Waals surface area contributed by atoms with Crippen molar-refractivity contribution >= 4 is 75.8 Å². The minimum atomic E-state index is 0.905. The Bertz CT molecular complexity index is 3190. The summed E-state index contributed by atoms with van der Waals surface area (Å²) in [6.45, 7) is 0. The van der Waals surface area contributed by atoms with E-state index in [4.69, 9.17) is 4.42 Å². The fourth-order valence-corrected chi connectivity index (χ4v) is 8.31. The Morgan fingerprint density at radius 1 is 0.255 bits per heavy atom. The van der Waals surface area contributed by atoms with E-state index in [9.17, 15) is 0 Å². The molecule has 0 spiro atoms. The number of rotatable bonds is 3. The number of hydrogen-bond acceptors (Lipinski definition) is 1. The summed E-state index contributed by atoms with van der Waals surface area (Å²) in [5.74, 6) is 0. The highest BCUT2D eigenvalue weighted by atomic mass is 16.3. The third-order valence-corrected chi connectivity index (χ3v) is 10.8. The van der Waals surface area contributed by atoms with Crippen LogP contribution in [-0.4, -0.2) is 0 Å². The van der Waals surface area contributed by atoms with Gasteiger partial charge in [0.1, 0.15) is 11.2 Å². The van der Waals surface area contributed by atoms with Gasteiger partial charge in [0, 0.05) is 10.8 Å². The summed E-state index contributed by atoms with van der Waals surface area (Å²) in [6.07, 6.45) is 0. The Morgan fingerprint density at radius 2 is 0.784 bits per heavy atom. The summed E-state index contributed by atoms with van der Waals surface area (Å²) >= 11 is 0. The van der Waals surface area contributed by atoms with Crippen molar-refractivity contribution in [2.24, 2.45) is 0 Å². The molecule has 1 heteroatoms. The van der Waals surface area contributed by atoms with Crippen LogP contribution in [0, 0.1) is 0 Å². The van der Waals surface area contributed by atoms with Crippen molar-refractivity contribution < 1.29 is 4.42 Å². The summed E-state index contributed by atoms with van der Waals surface area (Å²) in [5.41, 5.74) is 9.09. The molecule has 51 heavy (non-hydrogen) atoms. The van der Waals surface area contributed by atoms with Crippen LogP contribution in [0.25, 0.3) is 109 Å². The topological polar surface area (TPSA) is 13.1 Å². The van der Waals surface area contributed by atoms with Gasteiger partial charge in [0.2, 0.25) is 0 Å². The smallest absolute Gasteiger partial charge is 0.135 e. The molecular formula is C50H30O. The first-order valence-electron chi connectivity index (χ1n) is 17.6. The maximum absolute atomic E-state index is 6.35. The van der Waals surface area contributed by atoms with Crippen LogP contribution in [0.1, 0.15) is 0 Å². The molecule has 10 aromatic carbocycles. The van der Waals surface area contributed by atoms with Crippen molar-refractivity contribution in [1.29, 1.82) is 0 Å². The fourth-order valence-electron chi connectivity index (χ4n) is 8.31. The first kappa shape index (κ1) is 28.2.